The predicted molar refractivity (Wildman–Crippen MR) is 135 cm³/mol. The van der Waals surface area contributed by atoms with Crippen molar-refractivity contribution in [1.29, 1.82) is 0 Å². The summed E-state index contributed by atoms with van der Waals surface area (Å²) in [7, 11) is 0. The number of esters is 1. The van der Waals surface area contributed by atoms with Gasteiger partial charge in [0.1, 0.15) is 5.78 Å². The van der Waals surface area contributed by atoms with Gasteiger partial charge in [0.15, 0.2) is 0 Å². The van der Waals surface area contributed by atoms with E-state index in [4.69, 9.17) is 9.47 Å². The van der Waals surface area contributed by atoms with Crippen LogP contribution in [0.5, 0.6) is 0 Å². The maximum absolute atomic E-state index is 13.0. The van der Waals surface area contributed by atoms with Gasteiger partial charge in [-0.25, -0.2) is 0 Å². The molecule has 0 amide bonds. The van der Waals surface area contributed by atoms with Crippen molar-refractivity contribution in [2.45, 2.75) is 119 Å². The van der Waals surface area contributed by atoms with E-state index >= 15 is 0 Å². The number of carbonyl (C=O) groups excluding carboxylic acids is 2. The normalized spacial score (nSPS) is 54.7. The molecule has 2 saturated heterocycles. The Morgan fingerprint density at radius 2 is 1.60 bits per heavy atom. The SMILES string of the molecule is C[C@@H]1C[C@@]2(OC(=O)[C@@H](C)[C@@H]2C)O[C@@H]2CC3=C(CC[C@@H]4C(C)(C)C(=O)CC[C@]34C)[C@]3(C)CC[C@@H]1[C@@]23C. The number of Topliss-reactive ketones (excluding diaryl/α,β-unsaturated/α-hetero) is 1. The average molecular weight is 483 g/mol. The second-order valence-corrected chi connectivity index (χ2v) is 14.7. The van der Waals surface area contributed by atoms with Crippen LogP contribution in [0.15, 0.2) is 11.1 Å². The number of allylic oxidation sites excluding steroid dienone is 1. The molecule has 4 aliphatic carbocycles. The second-order valence-electron chi connectivity index (χ2n) is 14.7. The van der Waals surface area contributed by atoms with Gasteiger partial charge in [-0.1, -0.05) is 66.5 Å². The molecule has 4 fully saturated rings. The van der Waals surface area contributed by atoms with Gasteiger partial charge < -0.3 is 9.47 Å². The molecule has 2 aliphatic heterocycles. The summed E-state index contributed by atoms with van der Waals surface area (Å²) < 4.78 is 13.4. The van der Waals surface area contributed by atoms with Crippen molar-refractivity contribution in [3.05, 3.63) is 11.1 Å². The lowest BCUT2D eigenvalue weighted by Crippen LogP contribution is -2.58. The minimum atomic E-state index is -0.802. The highest BCUT2D eigenvalue weighted by molar-refractivity contribution is 5.85. The Morgan fingerprint density at radius 1 is 0.886 bits per heavy atom. The van der Waals surface area contributed by atoms with Crippen molar-refractivity contribution in [2.75, 3.05) is 0 Å². The summed E-state index contributed by atoms with van der Waals surface area (Å²) in [5, 5.41) is 0. The number of ether oxygens (including phenoxy) is 2. The summed E-state index contributed by atoms with van der Waals surface area (Å²) in [6, 6.07) is 0. The highest BCUT2D eigenvalue weighted by Gasteiger charge is 2.70. The van der Waals surface area contributed by atoms with Crippen LogP contribution in [0.2, 0.25) is 0 Å². The van der Waals surface area contributed by atoms with E-state index in [1.54, 1.807) is 11.1 Å². The molecule has 0 N–H and O–H groups in total. The molecule has 35 heavy (non-hydrogen) atoms. The molecule has 4 heteroatoms. The molecule has 0 aromatic heterocycles. The molecule has 2 saturated carbocycles. The van der Waals surface area contributed by atoms with E-state index in [-0.39, 0.29) is 45.6 Å². The van der Waals surface area contributed by atoms with Crippen LogP contribution in [-0.2, 0) is 19.1 Å². The third-order valence-electron chi connectivity index (χ3n) is 13.3. The van der Waals surface area contributed by atoms with Crippen molar-refractivity contribution >= 4 is 11.8 Å². The zero-order valence-corrected chi connectivity index (χ0v) is 23.3. The van der Waals surface area contributed by atoms with Gasteiger partial charge in [0, 0.05) is 29.6 Å². The van der Waals surface area contributed by atoms with Gasteiger partial charge in [-0.2, -0.15) is 0 Å². The first kappa shape index (κ1) is 24.2. The second kappa shape index (κ2) is 7.03. The third kappa shape index (κ3) is 2.69. The van der Waals surface area contributed by atoms with Gasteiger partial charge in [-0.05, 0) is 67.1 Å². The number of rotatable bonds is 0. The number of fused-ring (bicyclic) bond motifs is 3. The van der Waals surface area contributed by atoms with Gasteiger partial charge in [-0.15, -0.1) is 0 Å². The molecule has 0 bridgehead atoms. The van der Waals surface area contributed by atoms with E-state index in [0.717, 1.165) is 32.1 Å². The van der Waals surface area contributed by atoms with Crippen LogP contribution in [0.25, 0.3) is 0 Å². The zero-order valence-electron chi connectivity index (χ0n) is 23.3. The van der Waals surface area contributed by atoms with Crippen LogP contribution in [-0.4, -0.2) is 23.6 Å². The summed E-state index contributed by atoms with van der Waals surface area (Å²) >= 11 is 0. The molecular formula is C31H46O4. The lowest BCUT2D eigenvalue weighted by Gasteiger charge is -2.62. The molecule has 0 aromatic rings. The monoisotopic (exact) mass is 482 g/mol. The van der Waals surface area contributed by atoms with Crippen molar-refractivity contribution in [3.63, 3.8) is 0 Å². The van der Waals surface area contributed by atoms with E-state index in [1.807, 2.05) is 6.92 Å². The minimum absolute atomic E-state index is 0.0376. The highest BCUT2D eigenvalue weighted by Crippen LogP contribution is 2.74. The molecule has 1 spiro atoms. The van der Waals surface area contributed by atoms with Crippen LogP contribution >= 0.6 is 0 Å². The molecule has 0 unspecified atom stereocenters. The summed E-state index contributed by atoms with van der Waals surface area (Å²) in [6.45, 7) is 18.5. The standard InChI is InChI=1S/C31H46O4/c1-17-16-31(19(3)18(2)26(33)35-31)34-25-15-22-21(29(7)14-11-20(17)30(25,29)8)9-10-23-27(4,5)24(32)12-13-28(22,23)6/h17-20,23,25H,9-16H2,1-8H3/t17-,18+,19+,20+,23-,25-,28-,29+,30+,31+/m1/s1. The number of hydrogen-bond donors (Lipinski definition) is 0. The van der Waals surface area contributed by atoms with Crippen LogP contribution in [0.1, 0.15) is 107 Å². The van der Waals surface area contributed by atoms with Crippen LogP contribution in [0.4, 0.5) is 0 Å². The topological polar surface area (TPSA) is 52.6 Å². The fourth-order valence-electron chi connectivity index (χ4n) is 10.8. The fraction of sp³-hybridized carbons (Fsp3) is 0.871. The van der Waals surface area contributed by atoms with Gasteiger partial charge in [0.25, 0.3) is 0 Å². The number of ketones is 1. The van der Waals surface area contributed by atoms with Crippen molar-refractivity contribution in [3.8, 4) is 0 Å². The Labute approximate surface area is 212 Å². The maximum Gasteiger partial charge on any atom is 0.311 e. The Balaban J connectivity index is 1.50. The Kier molecular flexibility index (Phi) is 4.86. The average Bonchev–Trinajstić information content (AvgIpc) is 3.14. The van der Waals surface area contributed by atoms with Crippen LogP contribution in [0, 0.1) is 51.2 Å². The first-order chi connectivity index (χ1) is 16.2. The molecule has 4 nitrogen and oxygen atoms in total. The first-order valence-electron chi connectivity index (χ1n) is 14.4. The van der Waals surface area contributed by atoms with E-state index in [0.29, 0.717) is 30.0 Å². The van der Waals surface area contributed by atoms with E-state index in [9.17, 15) is 9.59 Å². The van der Waals surface area contributed by atoms with Crippen molar-refractivity contribution in [2.24, 2.45) is 51.2 Å². The summed E-state index contributed by atoms with van der Waals surface area (Å²) in [5.41, 5.74) is 3.24. The van der Waals surface area contributed by atoms with Gasteiger partial charge >= 0.3 is 5.97 Å². The molecular weight excluding hydrogens is 436 g/mol. The quantitative estimate of drug-likeness (QED) is 0.279. The lowest BCUT2D eigenvalue weighted by atomic mass is 9.43. The van der Waals surface area contributed by atoms with Crippen molar-refractivity contribution in [1.82, 2.24) is 0 Å². The highest BCUT2D eigenvalue weighted by atomic mass is 16.7. The lowest BCUT2D eigenvalue weighted by molar-refractivity contribution is -0.269. The Morgan fingerprint density at radius 3 is 2.26 bits per heavy atom. The summed E-state index contributed by atoms with van der Waals surface area (Å²) in [5.74, 6) is 0.886. The molecule has 6 rings (SSSR count). The molecule has 10 atom stereocenters. The third-order valence-corrected chi connectivity index (χ3v) is 13.3. The molecule has 0 radical (unpaired) electrons. The first-order valence-corrected chi connectivity index (χ1v) is 14.4. The van der Waals surface area contributed by atoms with Crippen LogP contribution in [0.3, 0.4) is 0 Å². The molecule has 0 aromatic carbocycles. The fourth-order valence-corrected chi connectivity index (χ4v) is 10.8. The van der Waals surface area contributed by atoms with E-state index in [2.05, 4.69) is 48.5 Å². The Hall–Kier alpha value is -1.16. The largest absolute Gasteiger partial charge is 0.432 e. The summed E-state index contributed by atoms with van der Waals surface area (Å²) in [4.78, 5) is 25.8. The molecule has 194 valence electrons. The number of hydrogen-bond acceptors (Lipinski definition) is 4. The van der Waals surface area contributed by atoms with E-state index in [1.165, 1.54) is 12.8 Å². The smallest absolute Gasteiger partial charge is 0.311 e. The van der Waals surface area contributed by atoms with Gasteiger partial charge in [0.05, 0.1) is 12.0 Å². The molecule has 2 heterocycles. The molecule has 6 aliphatic rings. The summed E-state index contributed by atoms with van der Waals surface area (Å²) in [6.07, 6.45) is 8.13. The van der Waals surface area contributed by atoms with Crippen LogP contribution < -0.4 is 0 Å². The minimum Gasteiger partial charge on any atom is -0.432 e. The van der Waals surface area contributed by atoms with E-state index < -0.39 is 5.79 Å². The maximum atomic E-state index is 13.0. The van der Waals surface area contributed by atoms with Crippen molar-refractivity contribution < 1.29 is 19.1 Å². The number of carbonyl (C=O) groups is 2. The predicted octanol–water partition coefficient (Wildman–Crippen LogP) is 6.87. The Bertz CT molecular complexity index is 1030. The zero-order chi connectivity index (χ0) is 25.3. The van der Waals surface area contributed by atoms with Gasteiger partial charge in [-0.3, -0.25) is 9.59 Å². The van der Waals surface area contributed by atoms with Gasteiger partial charge in [0.2, 0.25) is 5.79 Å².